The van der Waals surface area contributed by atoms with E-state index in [1.165, 1.54) is 0 Å². The van der Waals surface area contributed by atoms with E-state index < -0.39 is 0 Å². The smallest absolute Gasteiger partial charge is 0.234 e. The van der Waals surface area contributed by atoms with Crippen molar-refractivity contribution in [3.8, 4) is 0 Å². The lowest BCUT2D eigenvalue weighted by Crippen LogP contribution is -2.35. The van der Waals surface area contributed by atoms with Crippen molar-refractivity contribution in [2.75, 3.05) is 25.6 Å². The van der Waals surface area contributed by atoms with Gasteiger partial charge in [0.15, 0.2) is 11.5 Å². The van der Waals surface area contributed by atoms with Crippen LogP contribution < -0.4 is 16.6 Å². The summed E-state index contributed by atoms with van der Waals surface area (Å²) < 4.78 is 1.66. The van der Waals surface area contributed by atoms with Crippen molar-refractivity contribution in [2.45, 2.75) is 13.5 Å². The van der Waals surface area contributed by atoms with Crippen LogP contribution >= 0.6 is 0 Å². The molecular weight excluding hydrogens is 272 g/mol. The normalized spacial score (nSPS) is 11.1. The SMILES string of the molecule is CCNC(=O)CN(C)Cc1nc(NN)c2cnn(C)c2n1. The molecule has 0 aliphatic carbocycles. The maximum atomic E-state index is 11.6. The zero-order valence-corrected chi connectivity index (χ0v) is 12.4. The Bertz CT molecular complexity index is 637. The summed E-state index contributed by atoms with van der Waals surface area (Å²) in [6.07, 6.45) is 1.66. The van der Waals surface area contributed by atoms with E-state index in [1.807, 2.05) is 18.9 Å². The van der Waals surface area contributed by atoms with Gasteiger partial charge in [-0.2, -0.15) is 5.10 Å². The van der Waals surface area contributed by atoms with Gasteiger partial charge in [-0.3, -0.25) is 14.4 Å². The van der Waals surface area contributed by atoms with Crippen LogP contribution in [0.4, 0.5) is 5.82 Å². The number of carbonyl (C=O) groups excluding carboxylic acids is 1. The number of aromatic nitrogens is 4. The molecule has 0 saturated carbocycles. The lowest BCUT2D eigenvalue weighted by molar-refractivity contribution is -0.121. The molecule has 0 saturated heterocycles. The van der Waals surface area contributed by atoms with Gasteiger partial charge in [0.2, 0.25) is 5.91 Å². The fourth-order valence-electron chi connectivity index (χ4n) is 2.04. The molecule has 0 atom stereocenters. The Hall–Kier alpha value is -2.26. The third kappa shape index (κ3) is 3.44. The summed E-state index contributed by atoms with van der Waals surface area (Å²) in [6.45, 7) is 3.22. The Labute approximate surface area is 122 Å². The zero-order chi connectivity index (χ0) is 15.4. The molecule has 9 nitrogen and oxygen atoms in total. The largest absolute Gasteiger partial charge is 0.355 e. The number of likely N-dealkylation sites (N-methyl/N-ethyl adjacent to an activating group) is 2. The Morgan fingerprint density at radius 2 is 2.24 bits per heavy atom. The lowest BCUT2D eigenvalue weighted by atomic mass is 10.3. The first kappa shape index (κ1) is 15.1. The van der Waals surface area contributed by atoms with Crippen LogP contribution in [-0.4, -0.2) is 50.7 Å². The van der Waals surface area contributed by atoms with E-state index in [4.69, 9.17) is 5.84 Å². The third-order valence-electron chi connectivity index (χ3n) is 2.97. The summed E-state index contributed by atoms with van der Waals surface area (Å²) in [7, 11) is 3.64. The van der Waals surface area contributed by atoms with Crippen LogP contribution in [0, 0.1) is 0 Å². The second kappa shape index (κ2) is 6.46. The summed E-state index contributed by atoms with van der Waals surface area (Å²) >= 11 is 0. The molecule has 0 aliphatic rings. The van der Waals surface area contributed by atoms with Crippen LogP contribution in [0.2, 0.25) is 0 Å². The zero-order valence-electron chi connectivity index (χ0n) is 12.4. The molecule has 21 heavy (non-hydrogen) atoms. The van der Waals surface area contributed by atoms with Crippen LogP contribution in [0.5, 0.6) is 0 Å². The van der Waals surface area contributed by atoms with Gasteiger partial charge in [0.05, 0.1) is 24.7 Å². The predicted molar refractivity (Wildman–Crippen MR) is 79.1 cm³/mol. The number of rotatable bonds is 6. The van der Waals surface area contributed by atoms with Gasteiger partial charge in [-0.15, -0.1) is 0 Å². The van der Waals surface area contributed by atoms with Gasteiger partial charge in [0.1, 0.15) is 5.82 Å². The molecule has 114 valence electrons. The van der Waals surface area contributed by atoms with Gasteiger partial charge in [-0.05, 0) is 14.0 Å². The van der Waals surface area contributed by atoms with E-state index in [0.29, 0.717) is 30.4 Å². The van der Waals surface area contributed by atoms with Gasteiger partial charge in [0.25, 0.3) is 0 Å². The topological polar surface area (TPSA) is 114 Å². The monoisotopic (exact) mass is 292 g/mol. The minimum atomic E-state index is -0.0289. The van der Waals surface area contributed by atoms with Crippen molar-refractivity contribution in [1.29, 1.82) is 0 Å². The molecule has 0 radical (unpaired) electrons. The molecule has 2 heterocycles. The van der Waals surface area contributed by atoms with Gasteiger partial charge < -0.3 is 10.7 Å². The van der Waals surface area contributed by atoms with Crippen molar-refractivity contribution >= 4 is 22.8 Å². The Kier molecular flexibility index (Phi) is 4.66. The number of hydrogen-bond donors (Lipinski definition) is 3. The standard InChI is InChI=1S/C12H20N8O/c1-4-14-10(21)7-19(2)6-9-16-11(18-13)8-5-15-20(3)12(8)17-9/h5H,4,6-7,13H2,1-3H3,(H,14,21)(H,16,17,18). The van der Waals surface area contributed by atoms with E-state index in [-0.39, 0.29) is 12.5 Å². The first-order valence-corrected chi connectivity index (χ1v) is 6.65. The van der Waals surface area contributed by atoms with Crippen molar-refractivity contribution in [3.05, 3.63) is 12.0 Å². The van der Waals surface area contributed by atoms with Crippen molar-refractivity contribution in [3.63, 3.8) is 0 Å². The number of aryl methyl sites for hydroxylation is 1. The Balaban J connectivity index is 2.18. The highest BCUT2D eigenvalue weighted by Gasteiger charge is 2.13. The number of amides is 1. The Morgan fingerprint density at radius 3 is 2.90 bits per heavy atom. The van der Waals surface area contributed by atoms with Crippen LogP contribution in [0.25, 0.3) is 11.0 Å². The summed E-state index contributed by atoms with van der Waals surface area (Å²) in [5.41, 5.74) is 3.25. The van der Waals surface area contributed by atoms with Crippen LogP contribution in [-0.2, 0) is 18.4 Å². The minimum absolute atomic E-state index is 0.0289. The molecule has 2 aromatic rings. The van der Waals surface area contributed by atoms with Gasteiger partial charge >= 0.3 is 0 Å². The van der Waals surface area contributed by atoms with E-state index in [9.17, 15) is 4.79 Å². The average Bonchev–Trinajstić information content (AvgIpc) is 2.80. The van der Waals surface area contributed by atoms with Crippen LogP contribution in [0.15, 0.2) is 6.20 Å². The van der Waals surface area contributed by atoms with Gasteiger partial charge in [-0.1, -0.05) is 0 Å². The van der Waals surface area contributed by atoms with Crippen molar-refractivity contribution in [1.82, 2.24) is 30.0 Å². The first-order valence-electron chi connectivity index (χ1n) is 6.65. The number of fused-ring (bicyclic) bond motifs is 1. The number of hydrogen-bond acceptors (Lipinski definition) is 7. The number of nitrogens with two attached hydrogens (primary N) is 1. The van der Waals surface area contributed by atoms with Gasteiger partial charge in [0, 0.05) is 13.6 Å². The second-order valence-electron chi connectivity index (χ2n) is 4.76. The number of nitrogen functional groups attached to an aromatic ring is 1. The molecule has 2 aromatic heterocycles. The fraction of sp³-hybridized carbons (Fsp3) is 0.500. The maximum absolute atomic E-state index is 11.6. The summed E-state index contributed by atoms with van der Waals surface area (Å²) in [5.74, 6) is 6.56. The molecule has 0 bridgehead atoms. The molecule has 0 unspecified atom stereocenters. The molecule has 1 amide bonds. The van der Waals surface area contributed by atoms with E-state index in [0.717, 1.165) is 5.39 Å². The highest BCUT2D eigenvalue weighted by atomic mass is 16.2. The molecule has 0 aromatic carbocycles. The van der Waals surface area contributed by atoms with Gasteiger partial charge in [-0.25, -0.2) is 15.8 Å². The number of nitrogens with one attached hydrogen (secondary N) is 2. The predicted octanol–water partition coefficient (Wildman–Crippen LogP) is -0.783. The Morgan fingerprint density at radius 1 is 1.48 bits per heavy atom. The molecule has 0 spiro atoms. The minimum Gasteiger partial charge on any atom is -0.355 e. The summed E-state index contributed by atoms with van der Waals surface area (Å²) in [4.78, 5) is 22.2. The number of carbonyl (C=O) groups is 1. The summed E-state index contributed by atoms with van der Waals surface area (Å²) in [5, 5.41) is 7.65. The molecular formula is C12H20N8O. The summed E-state index contributed by atoms with van der Waals surface area (Å²) in [6, 6.07) is 0. The molecule has 0 aliphatic heterocycles. The van der Waals surface area contributed by atoms with Crippen LogP contribution in [0.1, 0.15) is 12.7 Å². The molecule has 2 rings (SSSR count). The number of nitrogens with zero attached hydrogens (tertiary/aromatic N) is 5. The van der Waals surface area contributed by atoms with Crippen molar-refractivity contribution in [2.24, 2.45) is 12.9 Å². The highest BCUT2D eigenvalue weighted by molar-refractivity contribution is 5.86. The number of hydrazine groups is 1. The molecule has 0 fully saturated rings. The number of anilines is 1. The average molecular weight is 292 g/mol. The molecule has 4 N–H and O–H groups in total. The maximum Gasteiger partial charge on any atom is 0.234 e. The fourth-order valence-corrected chi connectivity index (χ4v) is 2.04. The third-order valence-corrected chi connectivity index (χ3v) is 2.97. The lowest BCUT2D eigenvalue weighted by Gasteiger charge is -2.15. The first-order chi connectivity index (χ1) is 10.0. The quantitative estimate of drug-likeness (QED) is 0.472. The van der Waals surface area contributed by atoms with Crippen LogP contribution in [0.3, 0.4) is 0 Å². The van der Waals surface area contributed by atoms with E-state index in [2.05, 4.69) is 25.8 Å². The second-order valence-corrected chi connectivity index (χ2v) is 4.76. The molecule has 9 heteroatoms. The van der Waals surface area contributed by atoms with E-state index in [1.54, 1.807) is 17.9 Å². The van der Waals surface area contributed by atoms with E-state index >= 15 is 0 Å². The highest BCUT2D eigenvalue weighted by Crippen LogP contribution is 2.18. The van der Waals surface area contributed by atoms with Crippen molar-refractivity contribution < 1.29 is 4.79 Å².